The Morgan fingerprint density at radius 1 is 1.18 bits per heavy atom. The van der Waals surface area contributed by atoms with Gasteiger partial charge in [-0.3, -0.25) is 9.69 Å². The SMILES string of the molecule is Cc1ccc(C(=O)c2ccc(O)c(-c3cc(NCCCN4CCOCC4)nc(N)n3)c2)c(F)c1. The van der Waals surface area contributed by atoms with Gasteiger partial charge in [-0.25, -0.2) is 9.37 Å². The summed E-state index contributed by atoms with van der Waals surface area (Å²) in [5, 5.41) is 13.7. The number of phenols is 1. The number of ether oxygens (including phenoxy) is 1. The van der Waals surface area contributed by atoms with Crippen LogP contribution in [0.3, 0.4) is 0 Å². The van der Waals surface area contributed by atoms with Crippen LogP contribution in [0.4, 0.5) is 16.2 Å². The number of ketones is 1. The first kappa shape index (κ1) is 23.6. The summed E-state index contributed by atoms with van der Waals surface area (Å²) in [4.78, 5) is 23.7. The zero-order valence-electron chi connectivity index (χ0n) is 19.1. The molecular weight excluding hydrogens is 437 g/mol. The summed E-state index contributed by atoms with van der Waals surface area (Å²) >= 11 is 0. The van der Waals surface area contributed by atoms with Crippen molar-refractivity contribution in [1.82, 2.24) is 14.9 Å². The molecule has 178 valence electrons. The molecule has 0 amide bonds. The van der Waals surface area contributed by atoms with E-state index in [4.69, 9.17) is 10.5 Å². The van der Waals surface area contributed by atoms with Crippen molar-refractivity contribution in [3.63, 3.8) is 0 Å². The number of nitrogen functional groups attached to an aromatic ring is 1. The van der Waals surface area contributed by atoms with E-state index in [-0.39, 0.29) is 22.8 Å². The fraction of sp³-hybridized carbons (Fsp3) is 0.320. The number of hydrogen-bond donors (Lipinski definition) is 3. The van der Waals surface area contributed by atoms with Gasteiger partial charge in [-0.15, -0.1) is 0 Å². The van der Waals surface area contributed by atoms with Crippen LogP contribution in [-0.4, -0.2) is 65.2 Å². The number of carbonyl (C=O) groups is 1. The molecule has 0 spiro atoms. The van der Waals surface area contributed by atoms with E-state index in [1.807, 2.05) is 0 Å². The van der Waals surface area contributed by atoms with Crippen molar-refractivity contribution in [3.8, 4) is 17.0 Å². The lowest BCUT2D eigenvalue weighted by atomic mass is 9.98. The van der Waals surface area contributed by atoms with Crippen molar-refractivity contribution in [2.75, 3.05) is 50.4 Å². The molecule has 34 heavy (non-hydrogen) atoms. The van der Waals surface area contributed by atoms with Crippen molar-refractivity contribution in [1.29, 1.82) is 0 Å². The monoisotopic (exact) mass is 465 g/mol. The third-order valence-corrected chi connectivity index (χ3v) is 5.71. The molecular formula is C25H28FN5O3. The molecule has 1 fully saturated rings. The fourth-order valence-corrected chi connectivity index (χ4v) is 3.88. The largest absolute Gasteiger partial charge is 0.507 e. The van der Waals surface area contributed by atoms with Crippen LogP contribution in [0.15, 0.2) is 42.5 Å². The molecule has 1 aromatic heterocycles. The van der Waals surface area contributed by atoms with E-state index >= 15 is 0 Å². The first-order valence-electron chi connectivity index (χ1n) is 11.2. The molecule has 4 rings (SSSR count). The molecule has 2 heterocycles. The molecule has 0 unspecified atom stereocenters. The number of carbonyl (C=O) groups excluding carboxylic acids is 1. The van der Waals surface area contributed by atoms with Crippen molar-refractivity contribution in [2.45, 2.75) is 13.3 Å². The number of phenolic OH excluding ortho intramolecular Hbond substituents is 1. The molecule has 3 aromatic rings. The zero-order valence-corrected chi connectivity index (χ0v) is 19.1. The van der Waals surface area contributed by atoms with Crippen LogP contribution in [-0.2, 0) is 4.74 Å². The maximum absolute atomic E-state index is 14.3. The summed E-state index contributed by atoms with van der Waals surface area (Å²) in [5.74, 6) is -0.590. The molecule has 0 bridgehead atoms. The quantitative estimate of drug-likeness (QED) is 0.343. The molecule has 2 aromatic carbocycles. The second-order valence-corrected chi connectivity index (χ2v) is 8.28. The maximum Gasteiger partial charge on any atom is 0.222 e. The Kier molecular flexibility index (Phi) is 7.34. The summed E-state index contributed by atoms with van der Waals surface area (Å²) in [6.45, 7) is 6.79. The topological polar surface area (TPSA) is 114 Å². The fourth-order valence-electron chi connectivity index (χ4n) is 3.88. The Morgan fingerprint density at radius 2 is 1.97 bits per heavy atom. The minimum atomic E-state index is -0.588. The number of rotatable bonds is 8. The average molecular weight is 466 g/mol. The van der Waals surface area contributed by atoms with E-state index in [0.717, 1.165) is 44.8 Å². The summed E-state index contributed by atoms with van der Waals surface area (Å²) in [5.41, 5.74) is 7.50. The standard InChI is InChI=1S/C25H28FN5O3/c1-16-3-5-18(20(26)13-16)24(33)17-4-6-22(32)19(14-17)21-15-23(30-25(27)29-21)28-7-2-8-31-9-11-34-12-10-31/h3-6,13-15,32H,2,7-12H2,1H3,(H3,27,28,29,30). The van der Waals surface area contributed by atoms with Crippen molar-refractivity contribution in [3.05, 3.63) is 65.0 Å². The average Bonchev–Trinajstić information content (AvgIpc) is 2.82. The first-order chi connectivity index (χ1) is 16.4. The smallest absolute Gasteiger partial charge is 0.222 e. The van der Waals surface area contributed by atoms with E-state index in [1.54, 1.807) is 19.1 Å². The first-order valence-corrected chi connectivity index (χ1v) is 11.2. The van der Waals surface area contributed by atoms with Crippen LogP contribution in [0, 0.1) is 12.7 Å². The zero-order chi connectivity index (χ0) is 24.1. The number of aryl methyl sites for hydroxylation is 1. The lowest BCUT2D eigenvalue weighted by molar-refractivity contribution is 0.0378. The molecule has 1 aliphatic rings. The van der Waals surface area contributed by atoms with Gasteiger partial charge in [0.1, 0.15) is 17.4 Å². The van der Waals surface area contributed by atoms with Crippen molar-refractivity contribution < 1.29 is 19.0 Å². The lowest BCUT2D eigenvalue weighted by Crippen LogP contribution is -2.37. The molecule has 4 N–H and O–H groups in total. The van der Waals surface area contributed by atoms with Crippen molar-refractivity contribution in [2.24, 2.45) is 0 Å². The summed E-state index contributed by atoms with van der Waals surface area (Å²) in [6.07, 6.45) is 0.913. The van der Waals surface area contributed by atoms with Crippen LogP contribution in [0.25, 0.3) is 11.3 Å². The van der Waals surface area contributed by atoms with Gasteiger partial charge in [-0.1, -0.05) is 6.07 Å². The molecule has 0 aliphatic carbocycles. The normalized spacial score (nSPS) is 14.2. The highest BCUT2D eigenvalue weighted by atomic mass is 19.1. The van der Waals surface area contributed by atoms with Gasteiger partial charge in [0.15, 0.2) is 5.78 Å². The van der Waals surface area contributed by atoms with E-state index in [2.05, 4.69) is 20.2 Å². The van der Waals surface area contributed by atoms with Gasteiger partial charge in [0.05, 0.1) is 24.5 Å². The highest BCUT2D eigenvalue weighted by Crippen LogP contribution is 2.31. The molecule has 9 heteroatoms. The number of aromatic nitrogens is 2. The number of hydrogen-bond acceptors (Lipinski definition) is 8. The van der Waals surface area contributed by atoms with Gasteiger partial charge in [0, 0.05) is 36.8 Å². The van der Waals surface area contributed by atoms with Gasteiger partial charge in [-0.05, 0) is 55.8 Å². The molecule has 0 atom stereocenters. The van der Waals surface area contributed by atoms with Gasteiger partial charge in [0.2, 0.25) is 5.95 Å². The van der Waals surface area contributed by atoms with Crippen LogP contribution >= 0.6 is 0 Å². The molecule has 0 radical (unpaired) electrons. The van der Waals surface area contributed by atoms with Crippen LogP contribution in [0.5, 0.6) is 5.75 Å². The Labute approximate surface area is 197 Å². The van der Waals surface area contributed by atoms with Crippen LogP contribution in [0.1, 0.15) is 27.9 Å². The van der Waals surface area contributed by atoms with Crippen LogP contribution in [0.2, 0.25) is 0 Å². The van der Waals surface area contributed by atoms with Gasteiger partial charge >= 0.3 is 0 Å². The highest BCUT2D eigenvalue weighted by Gasteiger charge is 2.18. The molecule has 8 nitrogen and oxygen atoms in total. The van der Waals surface area contributed by atoms with E-state index in [1.165, 1.54) is 30.3 Å². The minimum absolute atomic E-state index is 0.0351. The van der Waals surface area contributed by atoms with Gasteiger partial charge in [0.25, 0.3) is 0 Å². The van der Waals surface area contributed by atoms with Gasteiger partial charge < -0.3 is 20.9 Å². The molecule has 0 saturated carbocycles. The minimum Gasteiger partial charge on any atom is -0.507 e. The third kappa shape index (κ3) is 5.67. The number of nitrogens with zero attached hydrogens (tertiary/aromatic N) is 3. The number of halogens is 1. The van der Waals surface area contributed by atoms with E-state index in [0.29, 0.717) is 23.6 Å². The summed E-state index contributed by atoms with van der Waals surface area (Å²) in [6, 6.07) is 10.5. The van der Waals surface area contributed by atoms with Crippen LogP contribution < -0.4 is 11.1 Å². The Balaban J connectivity index is 1.50. The number of anilines is 2. The number of morpholine rings is 1. The second kappa shape index (κ2) is 10.6. The number of aromatic hydroxyl groups is 1. The predicted octanol–water partition coefficient (Wildman–Crippen LogP) is 3.24. The highest BCUT2D eigenvalue weighted by molar-refractivity contribution is 6.10. The molecule has 1 aliphatic heterocycles. The Morgan fingerprint density at radius 3 is 2.74 bits per heavy atom. The Bertz CT molecular complexity index is 1180. The Hall–Kier alpha value is -3.56. The predicted molar refractivity (Wildman–Crippen MR) is 128 cm³/mol. The number of benzene rings is 2. The van der Waals surface area contributed by atoms with E-state index < -0.39 is 11.6 Å². The summed E-state index contributed by atoms with van der Waals surface area (Å²) in [7, 11) is 0. The summed E-state index contributed by atoms with van der Waals surface area (Å²) < 4.78 is 19.7. The molecule has 1 saturated heterocycles. The van der Waals surface area contributed by atoms with E-state index in [9.17, 15) is 14.3 Å². The van der Waals surface area contributed by atoms with Crippen molar-refractivity contribution >= 4 is 17.5 Å². The maximum atomic E-state index is 14.3. The second-order valence-electron chi connectivity index (χ2n) is 8.28. The number of nitrogens with one attached hydrogen (secondary N) is 1. The lowest BCUT2D eigenvalue weighted by Gasteiger charge is -2.26. The third-order valence-electron chi connectivity index (χ3n) is 5.71. The number of nitrogens with two attached hydrogens (primary N) is 1. The van der Waals surface area contributed by atoms with Gasteiger partial charge in [-0.2, -0.15) is 4.98 Å².